The molecule has 9 nitrogen and oxygen atoms in total. The summed E-state index contributed by atoms with van der Waals surface area (Å²) in [5.74, 6) is -1.22. The van der Waals surface area contributed by atoms with Crippen molar-refractivity contribution in [3.05, 3.63) is 59.2 Å². The average Bonchev–Trinajstić information content (AvgIpc) is 2.72. The van der Waals surface area contributed by atoms with E-state index in [0.29, 0.717) is 22.6 Å². The number of hydrogen-bond donors (Lipinski definition) is 2. The number of carbonyl (C=O) groups excluding carboxylic acids is 4. The van der Waals surface area contributed by atoms with Crippen molar-refractivity contribution in [3.63, 3.8) is 0 Å². The van der Waals surface area contributed by atoms with Gasteiger partial charge in [0.15, 0.2) is 0 Å². The van der Waals surface area contributed by atoms with Crippen molar-refractivity contribution >= 4 is 29.5 Å². The number of carbonyl (C=O) groups is 4. The summed E-state index contributed by atoms with van der Waals surface area (Å²) in [5.41, 5.74) is 8.22. The lowest BCUT2D eigenvalue weighted by atomic mass is 10.0. The van der Waals surface area contributed by atoms with Gasteiger partial charge >= 0.3 is 12.0 Å². The largest absolute Gasteiger partial charge is 0.426 e. The molecule has 31 heavy (non-hydrogen) atoms. The Labute approximate surface area is 179 Å². The second-order valence-electron chi connectivity index (χ2n) is 7.36. The normalized spacial score (nSPS) is 18.7. The van der Waals surface area contributed by atoms with Gasteiger partial charge in [0, 0.05) is 25.2 Å². The lowest BCUT2D eigenvalue weighted by Gasteiger charge is -2.41. The zero-order valence-electron chi connectivity index (χ0n) is 17.7. The van der Waals surface area contributed by atoms with Crippen LogP contribution in [0.25, 0.3) is 0 Å². The molecule has 1 heterocycles. The number of hydrogen-bond acceptors (Lipinski definition) is 6. The Morgan fingerprint density at radius 2 is 1.65 bits per heavy atom. The number of benzene rings is 2. The molecule has 3 N–H and O–H groups in total. The molecule has 1 saturated heterocycles. The predicted molar refractivity (Wildman–Crippen MR) is 114 cm³/mol. The fourth-order valence-corrected chi connectivity index (χ4v) is 3.52. The molecule has 2 atom stereocenters. The number of likely N-dealkylation sites (N-methyl/N-ethyl adjacent to an activating group) is 1. The monoisotopic (exact) mass is 424 g/mol. The highest BCUT2D eigenvalue weighted by atomic mass is 16.5. The Balaban J connectivity index is 1.88. The van der Waals surface area contributed by atoms with Gasteiger partial charge in [0.2, 0.25) is 0 Å². The predicted octanol–water partition coefficient (Wildman–Crippen LogP) is 1.71. The molecule has 0 saturated carbocycles. The number of esters is 1. The van der Waals surface area contributed by atoms with Gasteiger partial charge in [-0.05, 0) is 49.2 Å². The number of anilines is 1. The fraction of sp³-hybridized carbons (Fsp3) is 0.273. The van der Waals surface area contributed by atoms with Crippen molar-refractivity contribution in [3.8, 4) is 5.75 Å². The van der Waals surface area contributed by atoms with Crippen molar-refractivity contribution in [2.45, 2.75) is 33.0 Å². The van der Waals surface area contributed by atoms with Crippen molar-refractivity contribution in [2.75, 3.05) is 11.9 Å². The van der Waals surface area contributed by atoms with E-state index in [-0.39, 0.29) is 5.56 Å². The Hall–Kier alpha value is -3.72. The summed E-state index contributed by atoms with van der Waals surface area (Å²) in [6, 6.07) is 10.1. The number of nitrogens with two attached hydrogens (primary N) is 1. The van der Waals surface area contributed by atoms with Crippen molar-refractivity contribution in [1.82, 2.24) is 10.2 Å². The smallest absolute Gasteiger partial charge is 0.332 e. The molecule has 0 aromatic heterocycles. The second-order valence-corrected chi connectivity index (χ2v) is 7.36. The number of rotatable bonds is 4. The summed E-state index contributed by atoms with van der Waals surface area (Å²) >= 11 is 0. The number of urea groups is 1. The molecular weight excluding hydrogens is 400 g/mol. The van der Waals surface area contributed by atoms with E-state index in [1.54, 1.807) is 56.3 Å². The van der Waals surface area contributed by atoms with Crippen LogP contribution in [0.5, 0.6) is 5.75 Å². The maximum atomic E-state index is 12.9. The fourth-order valence-electron chi connectivity index (χ4n) is 3.52. The van der Waals surface area contributed by atoms with Crippen LogP contribution in [0, 0.1) is 13.8 Å². The summed E-state index contributed by atoms with van der Waals surface area (Å²) < 4.78 is 5.19. The van der Waals surface area contributed by atoms with Gasteiger partial charge in [-0.25, -0.2) is 4.79 Å². The molecular formula is C22H24N4O5. The molecule has 1 aliphatic rings. The Morgan fingerprint density at radius 3 is 2.19 bits per heavy atom. The summed E-state index contributed by atoms with van der Waals surface area (Å²) in [6.07, 6.45) is -1.09. The van der Waals surface area contributed by atoms with Crippen LogP contribution >= 0.6 is 0 Å². The zero-order valence-corrected chi connectivity index (χ0v) is 17.7. The van der Waals surface area contributed by atoms with E-state index in [1.807, 2.05) is 0 Å². The third-order valence-electron chi connectivity index (χ3n) is 5.02. The van der Waals surface area contributed by atoms with Crippen LogP contribution < -0.4 is 20.7 Å². The van der Waals surface area contributed by atoms with Gasteiger partial charge < -0.3 is 15.8 Å². The number of nitrogens with one attached hydrogen (secondary N) is 1. The van der Waals surface area contributed by atoms with E-state index in [2.05, 4.69) is 5.32 Å². The molecule has 0 radical (unpaired) electrons. The maximum Gasteiger partial charge on any atom is 0.332 e. The molecule has 162 valence electrons. The molecule has 2 aromatic carbocycles. The van der Waals surface area contributed by atoms with E-state index in [4.69, 9.17) is 10.5 Å². The van der Waals surface area contributed by atoms with E-state index < -0.39 is 36.0 Å². The van der Waals surface area contributed by atoms with Crippen LogP contribution in [0.1, 0.15) is 28.4 Å². The molecule has 3 rings (SSSR count). The quantitative estimate of drug-likeness (QED) is 0.569. The van der Waals surface area contributed by atoms with Crippen LogP contribution in [0.15, 0.2) is 42.5 Å². The van der Waals surface area contributed by atoms with Gasteiger partial charge in [-0.1, -0.05) is 18.2 Å². The van der Waals surface area contributed by atoms with Gasteiger partial charge in [-0.15, -0.1) is 0 Å². The van der Waals surface area contributed by atoms with Crippen LogP contribution in [0.4, 0.5) is 10.5 Å². The third-order valence-corrected chi connectivity index (χ3v) is 5.02. The minimum absolute atomic E-state index is 0.275. The Bertz CT molecular complexity index is 1030. The van der Waals surface area contributed by atoms with Crippen molar-refractivity contribution in [1.29, 1.82) is 0 Å². The number of amides is 4. The molecule has 1 fully saturated rings. The standard InChI is InChI=1S/C22H24N4O5/c1-12-10-15(11-13(2)18(12)31-14(3)27)20(28)24-17-19(23)26(16-8-6-5-7-9-16)22(30)25(4)21(17)29/h5-11,17,19H,23H2,1-4H3,(H,24,28). The van der Waals surface area contributed by atoms with E-state index in [9.17, 15) is 19.2 Å². The molecule has 2 unspecified atom stereocenters. The lowest BCUT2D eigenvalue weighted by Crippen LogP contribution is -2.71. The van der Waals surface area contributed by atoms with E-state index in [0.717, 1.165) is 4.90 Å². The maximum absolute atomic E-state index is 12.9. The zero-order chi connectivity index (χ0) is 22.9. The number of aryl methyl sites for hydroxylation is 2. The first-order valence-electron chi connectivity index (χ1n) is 9.63. The first kappa shape index (κ1) is 22.0. The van der Waals surface area contributed by atoms with Gasteiger partial charge in [0.1, 0.15) is 18.0 Å². The van der Waals surface area contributed by atoms with Gasteiger partial charge in [-0.2, -0.15) is 0 Å². The molecule has 9 heteroatoms. The second kappa shape index (κ2) is 8.57. The summed E-state index contributed by atoms with van der Waals surface area (Å²) in [6.45, 7) is 4.72. The highest BCUT2D eigenvalue weighted by molar-refractivity contribution is 6.10. The lowest BCUT2D eigenvalue weighted by molar-refractivity contribution is -0.132. The first-order valence-corrected chi connectivity index (χ1v) is 9.63. The summed E-state index contributed by atoms with van der Waals surface area (Å²) in [5, 5.41) is 2.64. The molecule has 2 aromatic rings. The number of nitrogens with zero attached hydrogens (tertiary/aromatic N) is 2. The number of ether oxygens (including phenoxy) is 1. The van der Waals surface area contributed by atoms with Gasteiger partial charge in [0.05, 0.1) is 0 Å². The van der Waals surface area contributed by atoms with E-state index >= 15 is 0 Å². The number of imide groups is 1. The highest BCUT2D eigenvalue weighted by Crippen LogP contribution is 2.26. The SMILES string of the molecule is CC(=O)Oc1c(C)cc(C(=O)NC2C(=O)N(C)C(=O)N(c3ccccc3)C2N)cc1C. The molecule has 0 spiro atoms. The summed E-state index contributed by atoms with van der Waals surface area (Å²) in [7, 11) is 1.34. The molecule has 4 amide bonds. The van der Waals surface area contributed by atoms with Crippen molar-refractivity contribution < 1.29 is 23.9 Å². The van der Waals surface area contributed by atoms with Crippen LogP contribution in [0.3, 0.4) is 0 Å². The third kappa shape index (κ3) is 4.26. The van der Waals surface area contributed by atoms with Crippen LogP contribution in [0.2, 0.25) is 0 Å². The number of para-hydroxylation sites is 1. The average molecular weight is 424 g/mol. The minimum atomic E-state index is -1.15. The topological polar surface area (TPSA) is 122 Å². The first-order chi connectivity index (χ1) is 14.6. The summed E-state index contributed by atoms with van der Waals surface area (Å²) in [4.78, 5) is 51.8. The highest BCUT2D eigenvalue weighted by Gasteiger charge is 2.44. The molecule has 0 aliphatic carbocycles. The van der Waals surface area contributed by atoms with Crippen LogP contribution in [-0.4, -0.2) is 48.0 Å². The Morgan fingerprint density at radius 1 is 1.06 bits per heavy atom. The van der Waals surface area contributed by atoms with E-state index in [1.165, 1.54) is 18.9 Å². The minimum Gasteiger partial charge on any atom is -0.426 e. The van der Waals surface area contributed by atoms with Gasteiger partial charge in [0.25, 0.3) is 11.8 Å². The van der Waals surface area contributed by atoms with Crippen molar-refractivity contribution in [2.24, 2.45) is 5.73 Å². The van der Waals surface area contributed by atoms with Crippen LogP contribution in [-0.2, 0) is 9.59 Å². The van der Waals surface area contributed by atoms with Gasteiger partial charge in [-0.3, -0.25) is 24.2 Å². The molecule has 0 bridgehead atoms. The Kier molecular flexibility index (Phi) is 6.07. The molecule has 1 aliphatic heterocycles.